The van der Waals surface area contributed by atoms with Crippen LogP contribution in [0.25, 0.3) is 0 Å². The Balaban J connectivity index is 1.52. The molecule has 5 nitrogen and oxygen atoms in total. The molecule has 0 N–H and O–H groups in total. The van der Waals surface area contributed by atoms with Crippen molar-refractivity contribution in [2.24, 2.45) is 5.92 Å². The third-order valence-corrected chi connectivity index (χ3v) is 4.12. The van der Waals surface area contributed by atoms with Crippen molar-refractivity contribution < 1.29 is 4.74 Å². The zero-order chi connectivity index (χ0) is 15.0. The van der Waals surface area contributed by atoms with Crippen LogP contribution in [0.3, 0.4) is 0 Å². The van der Waals surface area contributed by atoms with Crippen LogP contribution in [0.4, 0.5) is 0 Å². The van der Waals surface area contributed by atoms with Crippen LogP contribution < -0.4 is 0 Å². The van der Waals surface area contributed by atoms with Gasteiger partial charge in [-0.3, -0.25) is 9.88 Å². The second kappa shape index (κ2) is 8.06. The van der Waals surface area contributed by atoms with Gasteiger partial charge in [0.2, 0.25) is 0 Å². The molecule has 0 aliphatic carbocycles. The first-order valence-corrected chi connectivity index (χ1v) is 8.05. The average Bonchev–Trinajstić information content (AvgIpc) is 3.22. The van der Waals surface area contributed by atoms with Gasteiger partial charge in [-0.05, 0) is 30.4 Å². The van der Waals surface area contributed by atoms with Gasteiger partial charge in [0.25, 0.3) is 0 Å². The largest absolute Gasteiger partial charge is 0.381 e. The van der Waals surface area contributed by atoms with Crippen LogP contribution in [0.2, 0.25) is 0 Å². The summed E-state index contributed by atoms with van der Waals surface area (Å²) in [5.41, 5.74) is 1.28. The second-order valence-electron chi connectivity index (χ2n) is 5.98. The number of pyridine rings is 1. The summed E-state index contributed by atoms with van der Waals surface area (Å²) >= 11 is 0. The third kappa shape index (κ3) is 4.64. The lowest BCUT2D eigenvalue weighted by Crippen LogP contribution is -2.31. The van der Waals surface area contributed by atoms with Crippen LogP contribution in [0.15, 0.2) is 43.2 Å². The van der Waals surface area contributed by atoms with Crippen LogP contribution >= 0.6 is 0 Å². The van der Waals surface area contributed by atoms with Gasteiger partial charge in [0, 0.05) is 57.6 Å². The molecule has 1 saturated heterocycles. The van der Waals surface area contributed by atoms with Crippen LogP contribution in [0.5, 0.6) is 0 Å². The van der Waals surface area contributed by atoms with E-state index < -0.39 is 0 Å². The molecule has 0 bridgehead atoms. The van der Waals surface area contributed by atoms with E-state index in [0.717, 1.165) is 45.8 Å². The topological polar surface area (TPSA) is 43.2 Å². The predicted octanol–water partition coefficient (Wildman–Crippen LogP) is 2.21. The Morgan fingerprint density at radius 1 is 1.32 bits per heavy atom. The predicted molar refractivity (Wildman–Crippen MR) is 85.3 cm³/mol. The van der Waals surface area contributed by atoms with E-state index in [4.69, 9.17) is 4.74 Å². The maximum Gasteiger partial charge on any atom is 0.0945 e. The fraction of sp³-hybridized carbons (Fsp3) is 0.529. The van der Waals surface area contributed by atoms with Gasteiger partial charge in [-0.15, -0.1) is 0 Å². The lowest BCUT2D eigenvalue weighted by Gasteiger charge is -2.25. The molecule has 2 aromatic heterocycles. The van der Waals surface area contributed by atoms with Gasteiger partial charge in [0.1, 0.15) is 0 Å². The number of aromatic nitrogens is 3. The maximum atomic E-state index is 5.52. The summed E-state index contributed by atoms with van der Waals surface area (Å²) in [4.78, 5) is 10.9. The fourth-order valence-electron chi connectivity index (χ4n) is 2.97. The molecule has 0 amide bonds. The van der Waals surface area contributed by atoms with Crippen LogP contribution in [-0.4, -0.2) is 45.7 Å². The van der Waals surface area contributed by atoms with E-state index in [2.05, 4.69) is 25.5 Å². The highest BCUT2D eigenvalue weighted by atomic mass is 16.5. The normalized spacial score (nSPS) is 18.1. The maximum absolute atomic E-state index is 5.52. The first-order chi connectivity index (χ1) is 10.9. The molecular weight excluding hydrogens is 276 g/mol. The summed E-state index contributed by atoms with van der Waals surface area (Å²) < 4.78 is 7.66. The number of aryl methyl sites for hydroxylation is 1. The molecule has 1 atom stereocenters. The number of nitrogens with zero attached hydrogens (tertiary/aromatic N) is 4. The molecule has 0 unspecified atom stereocenters. The van der Waals surface area contributed by atoms with E-state index in [1.165, 1.54) is 12.0 Å². The minimum atomic E-state index is 0.671. The summed E-state index contributed by atoms with van der Waals surface area (Å²) in [7, 11) is 0. The highest BCUT2D eigenvalue weighted by molar-refractivity contribution is 5.08. The smallest absolute Gasteiger partial charge is 0.0945 e. The molecule has 0 aromatic carbocycles. The Bertz CT molecular complexity index is 523. The van der Waals surface area contributed by atoms with Crippen molar-refractivity contribution in [1.29, 1.82) is 0 Å². The quantitative estimate of drug-likeness (QED) is 0.749. The van der Waals surface area contributed by atoms with Crippen molar-refractivity contribution in [2.45, 2.75) is 25.9 Å². The van der Waals surface area contributed by atoms with Crippen LogP contribution in [0, 0.1) is 5.92 Å². The molecule has 1 aliphatic rings. The highest BCUT2D eigenvalue weighted by Crippen LogP contribution is 2.16. The van der Waals surface area contributed by atoms with Gasteiger partial charge >= 0.3 is 0 Å². The lowest BCUT2D eigenvalue weighted by atomic mass is 10.1. The molecular formula is C17H24N4O. The zero-order valence-electron chi connectivity index (χ0n) is 13.0. The first kappa shape index (κ1) is 15.2. The van der Waals surface area contributed by atoms with Crippen molar-refractivity contribution in [2.75, 3.05) is 26.3 Å². The summed E-state index contributed by atoms with van der Waals surface area (Å²) in [6, 6.07) is 4.17. The Morgan fingerprint density at radius 3 is 3.05 bits per heavy atom. The molecule has 0 radical (unpaired) electrons. The minimum absolute atomic E-state index is 0.671. The third-order valence-electron chi connectivity index (χ3n) is 4.12. The fourth-order valence-corrected chi connectivity index (χ4v) is 2.97. The SMILES string of the molecule is c1cncc(CN(CCCn2ccnc2)C[C@H]2CCOC2)c1. The van der Waals surface area contributed by atoms with Crippen molar-refractivity contribution in [3.05, 3.63) is 48.8 Å². The Hall–Kier alpha value is -1.72. The van der Waals surface area contributed by atoms with E-state index in [9.17, 15) is 0 Å². The Morgan fingerprint density at radius 2 is 2.32 bits per heavy atom. The Labute approximate surface area is 131 Å². The molecule has 2 aromatic rings. The van der Waals surface area contributed by atoms with E-state index in [-0.39, 0.29) is 0 Å². The van der Waals surface area contributed by atoms with Crippen molar-refractivity contribution in [3.8, 4) is 0 Å². The second-order valence-corrected chi connectivity index (χ2v) is 5.98. The van der Waals surface area contributed by atoms with Gasteiger partial charge in [-0.1, -0.05) is 6.07 Å². The Kier molecular flexibility index (Phi) is 5.56. The van der Waals surface area contributed by atoms with Crippen LogP contribution in [0.1, 0.15) is 18.4 Å². The van der Waals surface area contributed by atoms with Gasteiger partial charge in [0.05, 0.1) is 12.9 Å². The average molecular weight is 300 g/mol. The molecule has 1 fully saturated rings. The molecule has 3 heterocycles. The lowest BCUT2D eigenvalue weighted by molar-refractivity contribution is 0.163. The number of hydrogen-bond donors (Lipinski definition) is 0. The zero-order valence-corrected chi connectivity index (χ0v) is 13.0. The summed E-state index contributed by atoms with van der Waals surface area (Å²) in [6.45, 7) is 6.01. The van der Waals surface area contributed by atoms with Crippen molar-refractivity contribution in [1.82, 2.24) is 19.4 Å². The van der Waals surface area contributed by atoms with E-state index in [0.29, 0.717) is 5.92 Å². The van der Waals surface area contributed by atoms with E-state index in [1.807, 2.05) is 37.2 Å². The first-order valence-electron chi connectivity index (χ1n) is 8.05. The molecule has 0 spiro atoms. The van der Waals surface area contributed by atoms with Crippen molar-refractivity contribution >= 4 is 0 Å². The van der Waals surface area contributed by atoms with E-state index in [1.54, 1.807) is 0 Å². The van der Waals surface area contributed by atoms with Gasteiger partial charge < -0.3 is 9.30 Å². The molecule has 1 aliphatic heterocycles. The molecule has 22 heavy (non-hydrogen) atoms. The number of hydrogen-bond acceptors (Lipinski definition) is 4. The number of ether oxygens (including phenoxy) is 1. The number of rotatable bonds is 8. The molecule has 3 rings (SSSR count). The summed E-state index contributed by atoms with van der Waals surface area (Å²) in [5, 5.41) is 0. The molecule has 5 heteroatoms. The van der Waals surface area contributed by atoms with E-state index >= 15 is 0 Å². The van der Waals surface area contributed by atoms with Gasteiger partial charge in [0.15, 0.2) is 0 Å². The summed E-state index contributed by atoms with van der Waals surface area (Å²) in [6.07, 6.45) is 11.9. The minimum Gasteiger partial charge on any atom is -0.381 e. The monoisotopic (exact) mass is 300 g/mol. The summed E-state index contributed by atoms with van der Waals surface area (Å²) in [5.74, 6) is 0.671. The van der Waals surface area contributed by atoms with Gasteiger partial charge in [-0.25, -0.2) is 4.98 Å². The molecule has 0 saturated carbocycles. The van der Waals surface area contributed by atoms with Crippen LogP contribution in [-0.2, 0) is 17.8 Å². The van der Waals surface area contributed by atoms with Gasteiger partial charge in [-0.2, -0.15) is 0 Å². The van der Waals surface area contributed by atoms with Crippen molar-refractivity contribution in [3.63, 3.8) is 0 Å². The standard InChI is InChI=1S/C17H24N4O/c1-3-16(11-18-5-1)12-21(13-17-4-10-22-14-17)8-2-7-20-9-6-19-15-20/h1,3,5-6,9,11,15,17H,2,4,7-8,10,12-14H2/t17-/m1/s1. The number of imidazole rings is 1. The highest BCUT2D eigenvalue weighted by Gasteiger charge is 2.19. The molecule has 118 valence electrons.